The van der Waals surface area contributed by atoms with Crippen molar-refractivity contribution in [3.8, 4) is 0 Å². The van der Waals surface area contributed by atoms with Crippen LogP contribution in [0.3, 0.4) is 0 Å². The third kappa shape index (κ3) is 3.57. The number of furan rings is 1. The lowest BCUT2D eigenvalue weighted by Gasteiger charge is -2.12. The van der Waals surface area contributed by atoms with Gasteiger partial charge >= 0.3 is 0 Å². The van der Waals surface area contributed by atoms with Crippen molar-refractivity contribution in [1.29, 1.82) is 0 Å². The van der Waals surface area contributed by atoms with Crippen LogP contribution in [0.15, 0.2) is 63.9 Å². The van der Waals surface area contributed by atoms with Crippen LogP contribution in [0.4, 0.5) is 0 Å². The topological polar surface area (TPSA) is 62.5 Å². The average Bonchev–Trinajstić information content (AvgIpc) is 3.03. The molecule has 23 heavy (non-hydrogen) atoms. The van der Waals surface area contributed by atoms with Gasteiger partial charge in [0.15, 0.2) is 5.76 Å². The highest BCUT2D eigenvalue weighted by atomic mass is 32.2. The van der Waals surface area contributed by atoms with Crippen LogP contribution >= 0.6 is 11.8 Å². The van der Waals surface area contributed by atoms with E-state index >= 15 is 0 Å². The van der Waals surface area contributed by atoms with Crippen molar-refractivity contribution in [1.82, 2.24) is 5.32 Å². The second-order valence-electron chi connectivity index (χ2n) is 5.15. The van der Waals surface area contributed by atoms with Gasteiger partial charge in [0.05, 0.1) is 6.10 Å². The first-order valence-electron chi connectivity index (χ1n) is 7.26. The Morgan fingerprint density at radius 2 is 1.96 bits per heavy atom. The van der Waals surface area contributed by atoms with E-state index in [1.54, 1.807) is 17.8 Å². The van der Waals surface area contributed by atoms with Gasteiger partial charge in [-0.2, -0.15) is 0 Å². The molecule has 3 rings (SSSR count). The van der Waals surface area contributed by atoms with Gasteiger partial charge in [-0.15, -0.1) is 11.8 Å². The number of carbonyl (C=O) groups excluding carboxylic acids is 1. The van der Waals surface area contributed by atoms with E-state index < -0.39 is 6.10 Å². The van der Waals surface area contributed by atoms with Gasteiger partial charge in [0, 0.05) is 16.8 Å². The molecule has 5 heteroatoms. The van der Waals surface area contributed by atoms with Crippen LogP contribution in [0.2, 0.25) is 0 Å². The third-order valence-electron chi connectivity index (χ3n) is 3.61. The molecule has 0 saturated carbocycles. The number of fused-ring (bicyclic) bond motifs is 1. The SMILES string of the molecule is CSc1ccc(C(O)CNC(=O)c2cc3ccccc3o2)cc1. The maximum absolute atomic E-state index is 12.1. The van der Waals surface area contributed by atoms with Crippen molar-refractivity contribution < 1.29 is 14.3 Å². The summed E-state index contributed by atoms with van der Waals surface area (Å²) < 4.78 is 5.50. The highest BCUT2D eigenvalue weighted by Crippen LogP contribution is 2.20. The molecule has 0 fully saturated rings. The van der Waals surface area contributed by atoms with E-state index in [-0.39, 0.29) is 18.2 Å². The average molecular weight is 327 g/mol. The van der Waals surface area contributed by atoms with Crippen LogP contribution < -0.4 is 5.32 Å². The van der Waals surface area contributed by atoms with Crippen molar-refractivity contribution in [2.45, 2.75) is 11.0 Å². The molecular formula is C18H17NO3S. The summed E-state index contributed by atoms with van der Waals surface area (Å²) >= 11 is 1.64. The number of aliphatic hydroxyl groups is 1. The molecule has 0 aliphatic heterocycles. The number of amides is 1. The fourth-order valence-corrected chi connectivity index (χ4v) is 2.72. The lowest BCUT2D eigenvalue weighted by Crippen LogP contribution is -2.28. The highest BCUT2D eigenvalue weighted by Gasteiger charge is 2.14. The summed E-state index contributed by atoms with van der Waals surface area (Å²) in [4.78, 5) is 13.3. The van der Waals surface area contributed by atoms with Crippen LogP contribution in [0.25, 0.3) is 11.0 Å². The van der Waals surface area contributed by atoms with Crippen molar-refractivity contribution in [3.05, 3.63) is 65.9 Å². The first-order chi connectivity index (χ1) is 11.2. The Balaban J connectivity index is 1.63. The lowest BCUT2D eigenvalue weighted by molar-refractivity contribution is 0.0891. The number of hydrogen-bond donors (Lipinski definition) is 2. The predicted molar refractivity (Wildman–Crippen MR) is 91.7 cm³/mol. The number of carbonyl (C=O) groups is 1. The van der Waals surface area contributed by atoms with Gasteiger partial charge in [-0.1, -0.05) is 30.3 Å². The molecule has 0 aliphatic rings. The Hall–Kier alpha value is -2.24. The summed E-state index contributed by atoms with van der Waals surface area (Å²) in [5.74, 6) is -0.0860. The Morgan fingerprint density at radius 3 is 2.65 bits per heavy atom. The van der Waals surface area contributed by atoms with Crippen LogP contribution in [0.1, 0.15) is 22.2 Å². The fraction of sp³-hybridized carbons (Fsp3) is 0.167. The van der Waals surface area contributed by atoms with Gasteiger partial charge in [0.1, 0.15) is 5.58 Å². The quantitative estimate of drug-likeness (QED) is 0.703. The maximum atomic E-state index is 12.1. The molecule has 0 spiro atoms. The van der Waals surface area contributed by atoms with E-state index in [9.17, 15) is 9.90 Å². The molecule has 118 valence electrons. The van der Waals surface area contributed by atoms with Gasteiger partial charge < -0.3 is 14.8 Å². The minimum Gasteiger partial charge on any atom is -0.451 e. The molecule has 4 nitrogen and oxygen atoms in total. The smallest absolute Gasteiger partial charge is 0.287 e. The number of benzene rings is 2. The Bertz CT molecular complexity index is 778. The summed E-state index contributed by atoms with van der Waals surface area (Å²) in [5.41, 5.74) is 1.44. The zero-order valence-corrected chi connectivity index (χ0v) is 13.5. The summed E-state index contributed by atoms with van der Waals surface area (Å²) in [6.45, 7) is 0.133. The molecule has 1 amide bonds. The standard InChI is InChI=1S/C18H17NO3S/c1-23-14-8-6-12(7-9-14)15(20)11-19-18(21)17-10-13-4-2-3-5-16(13)22-17/h2-10,15,20H,11H2,1H3,(H,19,21). The number of nitrogens with one attached hydrogen (secondary N) is 1. The number of aliphatic hydroxyl groups excluding tert-OH is 1. The van der Waals surface area contributed by atoms with Gasteiger partial charge in [-0.25, -0.2) is 0 Å². The zero-order valence-electron chi connectivity index (χ0n) is 12.7. The molecule has 0 saturated heterocycles. The van der Waals surface area contributed by atoms with Gasteiger partial charge in [0.2, 0.25) is 0 Å². The van der Waals surface area contributed by atoms with Gasteiger partial charge in [-0.3, -0.25) is 4.79 Å². The molecule has 1 atom stereocenters. The van der Waals surface area contributed by atoms with Crippen LogP contribution in [-0.4, -0.2) is 23.8 Å². The van der Waals surface area contributed by atoms with Crippen molar-refractivity contribution in [2.75, 3.05) is 12.8 Å². The molecule has 0 bridgehead atoms. The van der Waals surface area contributed by atoms with Crippen LogP contribution in [0, 0.1) is 0 Å². The predicted octanol–water partition coefficient (Wildman–Crippen LogP) is 3.62. The molecule has 0 radical (unpaired) electrons. The highest BCUT2D eigenvalue weighted by molar-refractivity contribution is 7.98. The molecule has 1 unspecified atom stereocenters. The monoisotopic (exact) mass is 327 g/mol. The second-order valence-corrected chi connectivity index (χ2v) is 6.03. The Kier molecular flexibility index (Phi) is 4.69. The summed E-state index contributed by atoms with van der Waals surface area (Å²) in [7, 11) is 0. The van der Waals surface area contributed by atoms with E-state index in [4.69, 9.17) is 4.42 Å². The minimum atomic E-state index is -0.751. The summed E-state index contributed by atoms with van der Waals surface area (Å²) in [6.07, 6.45) is 1.25. The fourth-order valence-electron chi connectivity index (χ4n) is 2.31. The minimum absolute atomic E-state index is 0.133. The van der Waals surface area contributed by atoms with E-state index in [1.165, 1.54) is 0 Å². The van der Waals surface area contributed by atoms with E-state index in [1.807, 2.05) is 54.8 Å². The molecule has 2 N–H and O–H groups in total. The molecule has 1 aromatic heterocycles. The number of para-hydroxylation sites is 1. The number of rotatable bonds is 5. The Morgan fingerprint density at radius 1 is 1.22 bits per heavy atom. The molecule has 1 heterocycles. The van der Waals surface area contributed by atoms with E-state index in [0.717, 1.165) is 15.8 Å². The van der Waals surface area contributed by atoms with E-state index in [2.05, 4.69) is 5.32 Å². The van der Waals surface area contributed by atoms with Gasteiger partial charge in [0.25, 0.3) is 5.91 Å². The second kappa shape index (κ2) is 6.89. The maximum Gasteiger partial charge on any atom is 0.287 e. The largest absolute Gasteiger partial charge is 0.451 e. The molecular weight excluding hydrogens is 310 g/mol. The lowest BCUT2D eigenvalue weighted by atomic mass is 10.1. The van der Waals surface area contributed by atoms with Crippen LogP contribution in [-0.2, 0) is 0 Å². The van der Waals surface area contributed by atoms with Crippen molar-refractivity contribution in [3.63, 3.8) is 0 Å². The zero-order chi connectivity index (χ0) is 16.2. The van der Waals surface area contributed by atoms with E-state index in [0.29, 0.717) is 5.58 Å². The van der Waals surface area contributed by atoms with Crippen molar-refractivity contribution >= 4 is 28.6 Å². The van der Waals surface area contributed by atoms with Crippen molar-refractivity contribution in [2.24, 2.45) is 0 Å². The summed E-state index contributed by atoms with van der Waals surface area (Å²) in [5, 5.41) is 13.7. The third-order valence-corrected chi connectivity index (χ3v) is 4.35. The first kappa shape index (κ1) is 15.6. The normalized spacial score (nSPS) is 12.3. The molecule has 3 aromatic rings. The van der Waals surface area contributed by atoms with Crippen LogP contribution in [0.5, 0.6) is 0 Å². The Labute approximate surface area is 138 Å². The molecule has 0 aliphatic carbocycles. The number of hydrogen-bond acceptors (Lipinski definition) is 4. The van der Waals surface area contributed by atoms with Gasteiger partial charge in [-0.05, 0) is 36.1 Å². The summed E-state index contributed by atoms with van der Waals surface area (Å²) in [6, 6.07) is 16.8. The molecule has 2 aromatic carbocycles. The first-order valence-corrected chi connectivity index (χ1v) is 8.48. The number of thioether (sulfide) groups is 1.